The SMILES string of the molecule is CC(C)C1CNCCC1C1CCCC1. The van der Waals surface area contributed by atoms with Gasteiger partial charge in [0.2, 0.25) is 0 Å². The first-order chi connectivity index (χ1) is 6.79. The van der Waals surface area contributed by atoms with Crippen molar-refractivity contribution in [3.05, 3.63) is 0 Å². The number of hydrogen-bond acceptors (Lipinski definition) is 1. The van der Waals surface area contributed by atoms with E-state index in [0.29, 0.717) is 0 Å². The highest BCUT2D eigenvalue weighted by atomic mass is 14.9. The van der Waals surface area contributed by atoms with E-state index in [1.807, 2.05) is 0 Å². The fourth-order valence-electron chi connectivity index (χ4n) is 3.60. The van der Waals surface area contributed by atoms with Crippen molar-refractivity contribution in [1.29, 1.82) is 0 Å². The first-order valence-electron chi connectivity index (χ1n) is 6.49. The summed E-state index contributed by atoms with van der Waals surface area (Å²) >= 11 is 0. The van der Waals surface area contributed by atoms with Crippen molar-refractivity contribution in [1.82, 2.24) is 5.32 Å². The monoisotopic (exact) mass is 195 g/mol. The fourth-order valence-corrected chi connectivity index (χ4v) is 3.60. The minimum absolute atomic E-state index is 0.869. The smallest absolute Gasteiger partial charge is 0.00153 e. The maximum Gasteiger partial charge on any atom is -0.00153 e. The van der Waals surface area contributed by atoms with Crippen LogP contribution in [0.5, 0.6) is 0 Å². The molecular weight excluding hydrogens is 170 g/mol. The summed E-state index contributed by atoms with van der Waals surface area (Å²) in [5, 5.41) is 3.57. The third-order valence-corrected chi connectivity index (χ3v) is 4.45. The van der Waals surface area contributed by atoms with Crippen LogP contribution < -0.4 is 5.32 Å². The predicted octanol–water partition coefficient (Wildman–Crippen LogP) is 3.06. The van der Waals surface area contributed by atoms with Gasteiger partial charge in [0, 0.05) is 0 Å². The molecule has 0 bridgehead atoms. The first-order valence-corrected chi connectivity index (χ1v) is 6.49. The molecule has 1 saturated carbocycles. The standard InChI is InChI=1S/C13H25N/c1-10(2)13-9-14-8-7-12(13)11-5-3-4-6-11/h10-14H,3-9H2,1-2H3. The van der Waals surface area contributed by atoms with Crippen LogP contribution in [0, 0.1) is 23.7 Å². The Labute approximate surface area is 88.7 Å². The second kappa shape index (κ2) is 4.65. The van der Waals surface area contributed by atoms with Gasteiger partial charge in [0.05, 0.1) is 0 Å². The molecule has 1 nitrogen and oxygen atoms in total. The van der Waals surface area contributed by atoms with Crippen LogP contribution in [0.2, 0.25) is 0 Å². The molecule has 2 rings (SSSR count). The first kappa shape index (κ1) is 10.5. The van der Waals surface area contributed by atoms with E-state index in [2.05, 4.69) is 19.2 Å². The van der Waals surface area contributed by atoms with E-state index < -0.39 is 0 Å². The van der Waals surface area contributed by atoms with E-state index in [1.54, 1.807) is 0 Å². The molecule has 0 amide bonds. The summed E-state index contributed by atoms with van der Waals surface area (Å²) in [6.07, 6.45) is 7.48. The van der Waals surface area contributed by atoms with E-state index in [0.717, 1.165) is 23.7 Å². The lowest BCUT2D eigenvalue weighted by Crippen LogP contribution is -2.41. The van der Waals surface area contributed by atoms with Gasteiger partial charge < -0.3 is 5.32 Å². The highest BCUT2D eigenvalue weighted by Crippen LogP contribution is 2.40. The zero-order valence-corrected chi connectivity index (χ0v) is 9.76. The molecule has 1 aliphatic heterocycles. The molecule has 0 aromatic carbocycles. The van der Waals surface area contributed by atoms with Gasteiger partial charge in [-0.3, -0.25) is 0 Å². The second-order valence-electron chi connectivity index (χ2n) is 5.61. The largest absolute Gasteiger partial charge is 0.316 e. The molecule has 0 spiro atoms. The fraction of sp³-hybridized carbons (Fsp3) is 1.00. The number of nitrogens with one attached hydrogen (secondary N) is 1. The van der Waals surface area contributed by atoms with Crippen LogP contribution in [-0.2, 0) is 0 Å². The molecule has 0 radical (unpaired) electrons. The van der Waals surface area contributed by atoms with Crippen molar-refractivity contribution in [3.63, 3.8) is 0 Å². The third-order valence-electron chi connectivity index (χ3n) is 4.45. The van der Waals surface area contributed by atoms with Crippen LogP contribution in [0.25, 0.3) is 0 Å². The molecule has 14 heavy (non-hydrogen) atoms. The second-order valence-corrected chi connectivity index (χ2v) is 5.61. The van der Waals surface area contributed by atoms with Crippen molar-refractivity contribution in [3.8, 4) is 0 Å². The van der Waals surface area contributed by atoms with Gasteiger partial charge in [0.1, 0.15) is 0 Å². The Bertz CT molecular complexity index is 170. The van der Waals surface area contributed by atoms with E-state index >= 15 is 0 Å². The summed E-state index contributed by atoms with van der Waals surface area (Å²) in [6.45, 7) is 7.35. The average Bonchev–Trinajstić information content (AvgIpc) is 2.70. The highest BCUT2D eigenvalue weighted by molar-refractivity contribution is 4.86. The van der Waals surface area contributed by atoms with Gasteiger partial charge in [-0.25, -0.2) is 0 Å². The number of rotatable bonds is 2. The zero-order valence-electron chi connectivity index (χ0n) is 9.76. The van der Waals surface area contributed by atoms with Crippen molar-refractivity contribution >= 4 is 0 Å². The predicted molar refractivity (Wildman–Crippen MR) is 61.3 cm³/mol. The van der Waals surface area contributed by atoms with Crippen molar-refractivity contribution in [2.75, 3.05) is 13.1 Å². The Kier molecular flexibility index (Phi) is 3.48. The lowest BCUT2D eigenvalue weighted by molar-refractivity contribution is 0.135. The van der Waals surface area contributed by atoms with Crippen LogP contribution in [0.4, 0.5) is 0 Å². The molecule has 2 atom stereocenters. The topological polar surface area (TPSA) is 12.0 Å². The number of piperidine rings is 1. The molecule has 0 aromatic rings. The summed E-state index contributed by atoms with van der Waals surface area (Å²) in [5.74, 6) is 3.93. The van der Waals surface area contributed by atoms with E-state index in [4.69, 9.17) is 0 Å². The van der Waals surface area contributed by atoms with E-state index in [-0.39, 0.29) is 0 Å². The van der Waals surface area contributed by atoms with Gasteiger partial charge in [-0.05, 0) is 43.2 Å². The molecule has 1 heterocycles. The summed E-state index contributed by atoms with van der Waals surface area (Å²) < 4.78 is 0. The lowest BCUT2D eigenvalue weighted by atomic mass is 9.72. The zero-order chi connectivity index (χ0) is 9.97. The van der Waals surface area contributed by atoms with Crippen LogP contribution in [0.1, 0.15) is 46.0 Å². The molecule has 2 unspecified atom stereocenters. The maximum atomic E-state index is 3.57. The quantitative estimate of drug-likeness (QED) is 0.714. The molecule has 82 valence electrons. The van der Waals surface area contributed by atoms with Crippen molar-refractivity contribution in [2.24, 2.45) is 23.7 Å². The Balaban J connectivity index is 1.98. The van der Waals surface area contributed by atoms with Gasteiger partial charge in [0.15, 0.2) is 0 Å². The van der Waals surface area contributed by atoms with Gasteiger partial charge >= 0.3 is 0 Å². The molecule has 1 heteroatoms. The van der Waals surface area contributed by atoms with Crippen molar-refractivity contribution < 1.29 is 0 Å². The van der Waals surface area contributed by atoms with Gasteiger partial charge in [-0.2, -0.15) is 0 Å². The van der Waals surface area contributed by atoms with E-state index in [1.165, 1.54) is 45.2 Å². The molecule has 2 aliphatic rings. The molecule has 1 N–H and O–H groups in total. The third kappa shape index (κ3) is 2.13. The Hall–Kier alpha value is -0.0400. The van der Waals surface area contributed by atoms with E-state index in [9.17, 15) is 0 Å². The Morgan fingerprint density at radius 1 is 1.07 bits per heavy atom. The Morgan fingerprint density at radius 3 is 2.43 bits per heavy atom. The summed E-state index contributed by atoms with van der Waals surface area (Å²) in [5.41, 5.74) is 0. The summed E-state index contributed by atoms with van der Waals surface area (Å²) in [7, 11) is 0. The van der Waals surface area contributed by atoms with Gasteiger partial charge in [0.25, 0.3) is 0 Å². The molecule has 1 aliphatic carbocycles. The molecule has 1 saturated heterocycles. The highest BCUT2D eigenvalue weighted by Gasteiger charge is 2.34. The van der Waals surface area contributed by atoms with Crippen LogP contribution >= 0.6 is 0 Å². The molecule has 0 aromatic heterocycles. The Morgan fingerprint density at radius 2 is 1.79 bits per heavy atom. The van der Waals surface area contributed by atoms with Crippen molar-refractivity contribution in [2.45, 2.75) is 46.0 Å². The molecular formula is C13H25N. The minimum Gasteiger partial charge on any atom is -0.316 e. The normalized spacial score (nSPS) is 35.4. The van der Waals surface area contributed by atoms with Crippen LogP contribution in [0.3, 0.4) is 0 Å². The maximum absolute atomic E-state index is 3.57. The number of hydrogen-bond donors (Lipinski definition) is 1. The summed E-state index contributed by atoms with van der Waals surface area (Å²) in [4.78, 5) is 0. The molecule has 2 fully saturated rings. The minimum atomic E-state index is 0.869. The van der Waals surface area contributed by atoms with Gasteiger partial charge in [-0.15, -0.1) is 0 Å². The summed E-state index contributed by atoms with van der Waals surface area (Å²) in [6, 6.07) is 0. The lowest BCUT2D eigenvalue weighted by Gasteiger charge is -2.38. The van der Waals surface area contributed by atoms with Crippen LogP contribution in [-0.4, -0.2) is 13.1 Å². The average molecular weight is 195 g/mol. The van der Waals surface area contributed by atoms with Gasteiger partial charge in [-0.1, -0.05) is 39.5 Å². The van der Waals surface area contributed by atoms with Crippen LogP contribution in [0.15, 0.2) is 0 Å².